The average Bonchev–Trinajstić information content (AvgIpc) is 2.89. The van der Waals surface area contributed by atoms with Crippen molar-refractivity contribution in [1.29, 1.82) is 0 Å². The molecule has 0 aliphatic rings. The summed E-state index contributed by atoms with van der Waals surface area (Å²) in [4.78, 5) is 4.40. The zero-order valence-electron chi connectivity index (χ0n) is 13.0. The first-order valence-corrected chi connectivity index (χ1v) is 7.42. The summed E-state index contributed by atoms with van der Waals surface area (Å²) >= 11 is 0. The summed E-state index contributed by atoms with van der Waals surface area (Å²) in [5.74, 6) is 0.884. The van der Waals surface area contributed by atoms with Gasteiger partial charge in [-0.25, -0.2) is 4.98 Å². The highest BCUT2D eigenvalue weighted by molar-refractivity contribution is 5.74. The lowest BCUT2D eigenvalue weighted by molar-refractivity contribution is 0.212. The predicted molar refractivity (Wildman–Crippen MR) is 89.0 cm³/mol. The molecular formula is C18H21N3O. The van der Waals surface area contributed by atoms with Gasteiger partial charge in [0.05, 0.1) is 22.9 Å². The number of fused-ring (bicyclic) bond motifs is 1. The summed E-state index contributed by atoms with van der Waals surface area (Å²) in [6, 6.07) is 16.0. The van der Waals surface area contributed by atoms with E-state index in [0.29, 0.717) is 13.2 Å². The van der Waals surface area contributed by atoms with E-state index >= 15 is 0 Å². The smallest absolute Gasteiger partial charge is 0.122 e. The third-order valence-corrected chi connectivity index (χ3v) is 3.71. The molecule has 0 saturated carbocycles. The van der Waals surface area contributed by atoms with Gasteiger partial charge in [-0.1, -0.05) is 30.3 Å². The molecule has 2 aromatic carbocycles. The van der Waals surface area contributed by atoms with Crippen LogP contribution in [0, 0.1) is 6.92 Å². The van der Waals surface area contributed by atoms with Gasteiger partial charge in [0, 0.05) is 6.54 Å². The van der Waals surface area contributed by atoms with Gasteiger partial charge in [-0.2, -0.15) is 0 Å². The number of aromatic nitrogens is 2. The molecule has 114 valence electrons. The van der Waals surface area contributed by atoms with Crippen LogP contribution in [0.2, 0.25) is 0 Å². The maximum Gasteiger partial charge on any atom is 0.122 e. The Morgan fingerprint density at radius 1 is 1.14 bits per heavy atom. The molecule has 0 radical (unpaired) electrons. The molecule has 3 aromatic rings. The maximum atomic E-state index is 6.42. The van der Waals surface area contributed by atoms with Crippen LogP contribution in [-0.2, 0) is 6.54 Å². The van der Waals surface area contributed by atoms with E-state index in [-0.39, 0.29) is 0 Å². The van der Waals surface area contributed by atoms with Gasteiger partial charge in [-0.3, -0.25) is 0 Å². The number of nitrogens with zero attached hydrogens (tertiary/aromatic N) is 2. The van der Waals surface area contributed by atoms with E-state index in [1.54, 1.807) is 0 Å². The second-order valence-electron chi connectivity index (χ2n) is 6.07. The number of para-hydroxylation sites is 3. The second kappa shape index (κ2) is 5.81. The van der Waals surface area contributed by atoms with Gasteiger partial charge in [0.25, 0.3) is 0 Å². The fourth-order valence-electron chi connectivity index (χ4n) is 2.53. The van der Waals surface area contributed by atoms with Gasteiger partial charge in [0.15, 0.2) is 0 Å². The molecule has 0 aliphatic carbocycles. The lowest BCUT2D eigenvalue weighted by Crippen LogP contribution is -2.46. The van der Waals surface area contributed by atoms with Crippen LogP contribution < -0.4 is 10.5 Å². The van der Waals surface area contributed by atoms with Crippen molar-refractivity contribution in [2.75, 3.05) is 6.61 Å². The standard InChI is InChI=1S/C18H21N3O/c1-14-7-3-6-10-17(14)22-12-18(2,19)11-21-13-20-15-8-4-5-9-16(15)21/h3-10,13H,11-12,19H2,1-2H3. The Labute approximate surface area is 130 Å². The molecule has 0 saturated heterocycles. The summed E-state index contributed by atoms with van der Waals surface area (Å²) in [7, 11) is 0. The third kappa shape index (κ3) is 3.12. The first-order valence-electron chi connectivity index (χ1n) is 7.42. The van der Waals surface area contributed by atoms with Gasteiger partial charge in [0.2, 0.25) is 0 Å². The van der Waals surface area contributed by atoms with Crippen molar-refractivity contribution in [2.24, 2.45) is 5.73 Å². The lowest BCUT2D eigenvalue weighted by atomic mass is 10.1. The Morgan fingerprint density at radius 2 is 1.86 bits per heavy atom. The van der Waals surface area contributed by atoms with Gasteiger partial charge in [-0.15, -0.1) is 0 Å². The highest BCUT2D eigenvalue weighted by Gasteiger charge is 2.21. The monoisotopic (exact) mass is 295 g/mol. The number of ether oxygens (including phenoxy) is 1. The highest BCUT2D eigenvalue weighted by Crippen LogP contribution is 2.19. The van der Waals surface area contributed by atoms with Gasteiger partial charge >= 0.3 is 0 Å². The number of hydrogen-bond donors (Lipinski definition) is 1. The Kier molecular flexibility index (Phi) is 3.86. The predicted octanol–water partition coefficient (Wildman–Crippen LogP) is 3.14. The van der Waals surface area contributed by atoms with Crippen LogP contribution in [0.3, 0.4) is 0 Å². The van der Waals surface area contributed by atoms with Crippen LogP contribution in [0.1, 0.15) is 12.5 Å². The number of rotatable bonds is 5. The minimum Gasteiger partial charge on any atom is -0.491 e. The molecule has 1 atom stereocenters. The Balaban J connectivity index is 1.72. The molecular weight excluding hydrogens is 274 g/mol. The molecule has 0 spiro atoms. The zero-order chi connectivity index (χ0) is 15.6. The molecule has 3 rings (SSSR count). The number of aryl methyl sites for hydroxylation is 1. The van der Waals surface area contributed by atoms with E-state index in [1.807, 2.05) is 62.6 Å². The van der Waals surface area contributed by atoms with Crippen molar-refractivity contribution < 1.29 is 4.74 Å². The molecule has 2 N–H and O–H groups in total. The van der Waals surface area contributed by atoms with E-state index in [4.69, 9.17) is 10.5 Å². The highest BCUT2D eigenvalue weighted by atomic mass is 16.5. The minimum absolute atomic E-state index is 0.449. The van der Waals surface area contributed by atoms with Gasteiger partial charge in [-0.05, 0) is 37.6 Å². The topological polar surface area (TPSA) is 53.1 Å². The van der Waals surface area contributed by atoms with Crippen LogP contribution in [0.25, 0.3) is 11.0 Å². The van der Waals surface area contributed by atoms with Crippen LogP contribution in [0.15, 0.2) is 54.9 Å². The first kappa shape index (κ1) is 14.6. The van der Waals surface area contributed by atoms with E-state index in [0.717, 1.165) is 22.3 Å². The van der Waals surface area contributed by atoms with Crippen LogP contribution >= 0.6 is 0 Å². The molecule has 1 unspecified atom stereocenters. The quantitative estimate of drug-likeness (QED) is 0.786. The number of nitrogens with two attached hydrogens (primary N) is 1. The third-order valence-electron chi connectivity index (χ3n) is 3.71. The largest absolute Gasteiger partial charge is 0.491 e. The van der Waals surface area contributed by atoms with Crippen LogP contribution in [0.4, 0.5) is 0 Å². The average molecular weight is 295 g/mol. The molecule has 4 nitrogen and oxygen atoms in total. The lowest BCUT2D eigenvalue weighted by Gasteiger charge is -2.26. The Bertz CT molecular complexity index is 777. The second-order valence-corrected chi connectivity index (χ2v) is 6.07. The van der Waals surface area contributed by atoms with Crippen molar-refractivity contribution >= 4 is 11.0 Å². The number of imidazole rings is 1. The minimum atomic E-state index is -0.480. The molecule has 4 heteroatoms. The fourth-order valence-corrected chi connectivity index (χ4v) is 2.53. The summed E-state index contributed by atoms with van der Waals surface area (Å²) in [5, 5.41) is 0. The summed E-state index contributed by atoms with van der Waals surface area (Å²) in [6.45, 7) is 5.14. The Morgan fingerprint density at radius 3 is 2.68 bits per heavy atom. The summed E-state index contributed by atoms with van der Waals surface area (Å²) < 4.78 is 7.98. The first-order chi connectivity index (χ1) is 10.6. The SMILES string of the molecule is Cc1ccccc1OCC(C)(N)Cn1cnc2ccccc21. The molecule has 0 fully saturated rings. The number of hydrogen-bond acceptors (Lipinski definition) is 3. The van der Waals surface area contributed by atoms with Crippen molar-refractivity contribution in [1.82, 2.24) is 9.55 Å². The molecule has 0 amide bonds. The van der Waals surface area contributed by atoms with E-state index in [1.165, 1.54) is 0 Å². The molecule has 22 heavy (non-hydrogen) atoms. The van der Waals surface area contributed by atoms with E-state index in [9.17, 15) is 0 Å². The normalized spacial score (nSPS) is 14.0. The molecule has 1 aromatic heterocycles. The molecule has 0 aliphatic heterocycles. The van der Waals surface area contributed by atoms with Crippen molar-refractivity contribution in [3.63, 3.8) is 0 Å². The maximum absolute atomic E-state index is 6.42. The van der Waals surface area contributed by atoms with Crippen LogP contribution in [-0.4, -0.2) is 21.7 Å². The zero-order valence-corrected chi connectivity index (χ0v) is 13.0. The molecule has 0 bridgehead atoms. The fraction of sp³-hybridized carbons (Fsp3) is 0.278. The van der Waals surface area contributed by atoms with E-state index < -0.39 is 5.54 Å². The summed E-state index contributed by atoms with van der Waals surface area (Å²) in [5.41, 5.74) is 9.14. The van der Waals surface area contributed by atoms with Crippen LogP contribution in [0.5, 0.6) is 5.75 Å². The number of benzene rings is 2. The van der Waals surface area contributed by atoms with Crippen molar-refractivity contribution in [2.45, 2.75) is 25.9 Å². The Hall–Kier alpha value is -2.33. The van der Waals surface area contributed by atoms with Crippen molar-refractivity contribution in [3.8, 4) is 5.75 Å². The van der Waals surface area contributed by atoms with E-state index in [2.05, 4.69) is 15.6 Å². The van der Waals surface area contributed by atoms with Gasteiger partial charge in [0.1, 0.15) is 12.4 Å². The summed E-state index contributed by atoms with van der Waals surface area (Å²) in [6.07, 6.45) is 1.84. The van der Waals surface area contributed by atoms with Gasteiger partial charge < -0.3 is 15.0 Å². The molecule has 1 heterocycles. The van der Waals surface area contributed by atoms with Crippen molar-refractivity contribution in [3.05, 3.63) is 60.4 Å².